The lowest BCUT2D eigenvalue weighted by atomic mass is 10.4. The Balaban J connectivity index is 2.75. The van der Waals surface area contributed by atoms with Crippen molar-refractivity contribution in [2.45, 2.75) is 6.43 Å². The summed E-state index contributed by atoms with van der Waals surface area (Å²) < 4.78 is 34.0. The van der Waals surface area contributed by atoms with Gasteiger partial charge in [-0.1, -0.05) is 0 Å². The molecule has 78 valence electrons. The van der Waals surface area contributed by atoms with Gasteiger partial charge in [0, 0.05) is 16.7 Å². The van der Waals surface area contributed by atoms with Gasteiger partial charge in [0.15, 0.2) is 12.4 Å². The molecule has 0 aliphatic carbocycles. The number of methoxy groups -OCH3 is 1. The van der Waals surface area contributed by atoms with Crippen molar-refractivity contribution in [3.8, 4) is 11.6 Å². The number of hydrogen-bond donors (Lipinski definition) is 0. The van der Waals surface area contributed by atoms with Gasteiger partial charge in [-0.2, -0.15) is 0 Å². The van der Waals surface area contributed by atoms with Gasteiger partial charge in [0.1, 0.15) is 0 Å². The Labute approximate surface area is 88.2 Å². The molecule has 0 aromatic carbocycles. The second kappa shape index (κ2) is 5.09. The van der Waals surface area contributed by atoms with E-state index in [1.807, 2.05) is 0 Å². The first kappa shape index (κ1) is 11.2. The van der Waals surface area contributed by atoms with Gasteiger partial charge in [0.2, 0.25) is 0 Å². The quantitative estimate of drug-likeness (QED) is 0.840. The van der Waals surface area contributed by atoms with Crippen molar-refractivity contribution in [2.75, 3.05) is 13.7 Å². The van der Waals surface area contributed by atoms with E-state index in [-0.39, 0.29) is 5.88 Å². The van der Waals surface area contributed by atoms with Gasteiger partial charge in [-0.3, -0.25) is 0 Å². The van der Waals surface area contributed by atoms with Crippen LogP contribution in [-0.2, 0) is 0 Å². The number of nitrogens with zero attached hydrogens (tertiary/aromatic N) is 1. The van der Waals surface area contributed by atoms with Crippen LogP contribution in [0.1, 0.15) is 0 Å². The zero-order chi connectivity index (χ0) is 10.6. The molecule has 14 heavy (non-hydrogen) atoms. The molecule has 0 saturated heterocycles. The van der Waals surface area contributed by atoms with E-state index in [9.17, 15) is 8.78 Å². The standard InChI is InChI=1S/C8H8BrF2NO2/c1-13-6-2-5(9)3-12-8(6)14-4-7(10)11/h2-3,7H,4H2,1H3. The molecule has 0 N–H and O–H groups in total. The van der Waals surface area contributed by atoms with Crippen molar-refractivity contribution in [2.24, 2.45) is 0 Å². The van der Waals surface area contributed by atoms with Crippen LogP contribution in [0.4, 0.5) is 8.78 Å². The Morgan fingerprint density at radius 3 is 2.86 bits per heavy atom. The third-order valence-corrected chi connectivity index (χ3v) is 1.78. The number of aromatic nitrogens is 1. The highest BCUT2D eigenvalue weighted by Crippen LogP contribution is 2.27. The van der Waals surface area contributed by atoms with Crippen molar-refractivity contribution in [1.29, 1.82) is 0 Å². The SMILES string of the molecule is COc1cc(Br)cnc1OCC(F)F. The van der Waals surface area contributed by atoms with Crippen LogP contribution in [0.2, 0.25) is 0 Å². The van der Waals surface area contributed by atoms with Gasteiger partial charge in [-0.05, 0) is 15.9 Å². The van der Waals surface area contributed by atoms with Gasteiger partial charge >= 0.3 is 0 Å². The molecular weight excluding hydrogens is 260 g/mol. The highest BCUT2D eigenvalue weighted by molar-refractivity contribution is 9.10. The molecule has 1 rings (SSSR count). The summed E-state index contributed by atoms with van der Waals surface area (Å²) in [6.45, 7) is -0.689. The third kappa shape index (κ3) is 3.10. The van der Waals surface area contributed by atoms with E-state index in [0.29, 0.717) is 10.2 Å². The molecule has 0 bridgehead atoms. The fourth-order valence-corrected chi connectivity index (χ4v) is 1.12. The summed E-state index contributed by atoms with van der Waals surface area (Å²) in [5, 5.41) is 0. The predicted octanol–water partition coefficient (Wildman–Crippen LogP) is 2.50. The summed E-state index contributed by atoms with van der Waals surface area (Å²) in [5.74, 6) is 0.385. The van der Waals surface area contributed by atoms with Crippen molar-refractivity contribution >= 4 is 15.9 Å². The molecule has 1 aromatic rings. The summed E-state index contributed by atoms with van der Waals surface area (Å²) in [4.78, 5) is 3.79. The summed E-state index contributed by atoms with van der Waals surface area (Å²) in [7, 11) is 1.42. The third-order valence-electron chi connectivity index (χ3n) is 1.35. The summed E-state index contributed by atoms with van der Waals surface area (Å²) >= 11 is 3.17. The summed E-state index contributed by atoms with van der Waals surface area (Å²) in [6.07, 6.45) is -1.08. The van der Waals surface area contributed by atoms with Crippen LogP contribution in [0.5, 0.6) is 11.6 Å². The maximum Gasteiger partial charge on any atom is 0.272 e. The Bertz CT molecular complexity index is 309. The molecule has 0 aliphatic heterocycles. The number of ether oxygens (including phenoxy) is 2. The van der Waals surface area contributed by atoms with Crippen molar-refractivity contribution < 1.29 is 18.3 Å². The first-order chi connectivity index (χ1) is 6.63. The van der Waals surface area contributed by atoms with E-state index >= 15 is 0 Å². The van der Waals surface area contributed by atoms with Crippen LogP contribution < -0.4 is 9.47 Å². The van der Waals surface area contributed by atoms with E-state index in [1.165, 1.54) is 13.3 Å². The first-order valence-electron chi connectivity index (χ1n) is 3.74. The fourth-order valence-electron chi connectivity index (χ4n) is 0.805. The molecule has 0 spiro atoms. The van der Waals surface area contributed by atoms with Crippen LogP contribution in [0, 0.1) is 0 Å². The smallest absolute Gasteiger partial charge is 0.272 e. The second-order valence-electron chi connectivity index (χ2n) is 2.36. The lowest BCUT2D eigenvalue weighted by molar-refractivity contribution is 0.0779. The molecule has 1 heterocycles. The van der Waals surface area contributed by atoms with Crippen LogP contribution in [0.25, 0.3) is 0 Å². The zero-order valence-corrected chi connectivity index (χ0v) is 8.92. The Morgan fingerprint density at radius 2 is 2.29 bits per heavy atom. The lowest BCUT2D eigenvalue weighted by Crippen LogP contribution is -2.08. The average Bonchev–Trinajstić information content (AvgIpc) is 2.15. The minimum absolute atomic E-state index is 0.0657. The first-order valence-corrected chi connectivity index (χ1v) is 4.53. The molecule has 6 heteroatoms. The monoisotopic (exact) mass is 267 g/mol. The number of hydrogen-bond acceptors (Lipinski definition) is 3. The highest BCUT2D eigenvalue weighted by atomic mass is 79.9. The van der Waals surface area contributed by atoms with Crippen molar-refractivity contribution in [3.05, 3.63) is 16.7 Å². The number of alkyl halides is 2. The topological polar surface area (TPSA) is 31.4 Å². The van der Waals surface area contributed by atoms with Crippen molar-refractivity contribution in [1.82, 2.24) is 4.98 Å². The van der Waals surface area contributed by atoms with Crippen LogP contribution in [0.3, 0.4) is 0 Å². The summed E-state index contributed by atoms with van der Waals surface area (Å²) in [5.41, 5.74) is 0. The molecule has 0 saturated carbocycles. The fraction of sp³-hybridized carbons (Fsp3) is 0.375. The van der Waals surface area contributed by atoms with Gasteiger partial charge in [-0.15, -0.1) is 0 Å². The number of halogens is 3. The van der Waals surface area contributed by atoms with Crippen molar-refractivity contribution in [3.63, 3.8) is 0 Å². The van der Waals surface area contributed by atoms with E-state index < -0.39 is 13.0 Å². The summed E-state index contributed by atoms with van der Waals surface area (Å²) in [6, 6.07) is 1.59. The molecule has 0 radical (unpaired) electrons. The van der Waals surface area contributed by atoms with Crippen LogP contribution in [-0.4, -0.2) is 25.1 Å². The molecule has 0 aliphatic rings. The van der Waals surface area contributed by atoms with E-state index in [0.717, 1.165) is 0 Å². The molecule has 0 atom stereocenters. The van der Waals surface area contributed by atoms with E-state index in [1.54, 1.807) is 6.07 Å². The van der Waals surface area contributed by atoms with Gasteiger partial charge in [0.25, 0.3) is 12.3 Å². The minimum atomic E-state index is -2.52. The number of pyridine rings is 1. The van der Waals surface area contributed by atoms with Gasteiger partial charge in [0.05, 0.1) is 7.11 Å². The molecule has 0 unspecified atom stereocenters. The average molecular weight is 268 g/mol. The highest BCUT2D eigenvalue weighted by Gasteiger charge is 2.09. The molecular formula is C8H8BrF2NO2. The van der Waals surface area contributed by atoms with Gasteiger partial charge in [-0.25, -0.2) is 13.8 Å². The maximum atomic E-state index is 11.8. The minimum Gasteiger partial charge on any atom is -0.491 e. The lowest BCUT2D eigenvalue weighted by Gasteiger charge is -2.08. The Morgan fingerprint density at radius 1 is 1.57 bits per heavy atom. The van der Waals surface area contributed by atoms with E-state index in [4.69, 9.17) is 9.47 Å². The van der Waals surface area contributed by atoms with Crippen LogP contribution >= 0.6 is 15.9 Å². The predicted molar refractivity (Wildman–Crippen MR) is 50.0 cm³/mol. The molecule has 1 aromatic heterocycles. The van der Waals surface area contributed by atoms with Gasteiger partial charge < -0.3 is 9.47 Å². The second-order valence-corrected chi connectivity index (χ2v) is 3.28. The molecule has 0 amide bonds. The van der Waals surface area contributed by atoms with Crippen LogP contribution in [0.15, 0.2) is 16.7 Å². The zero-order valence-electron chi connectivity index (χ0n) is 7.34. The molecule has 0 fully saturated rings. The normalized spacial score (nSPS) is 10.4. The Hall–Kier alpha value is -0.910. The Kier molecular flexibility index (Phi) is 4.06. The van der Waals surface area contributed by atoms with E-state index in [2.05, 4.69) is 20.9 Å². The largest absolute Gasteiger partial charge is 0.491 e. The molecule has 3 nitrogen and oxygen atoms in total. The maximum absolute atomic E-state index is 11.8. The number of rotatable bonds is 4.